The molecule has 0 aliphatic heterocycles. The molecule has 0 bridgehead atoms. The molecule has 0 aliphatic carbocycles. The number of H-pyrrole nitrogens is 1. The molecule has 4 amide bonds. The maximum Gasteiger partial charge on any atom is 0.327 e. The topological polar surface area (TPSA) is 256 Å². The number of nitrogens with two attached hydrogens (primary N) is 1. The Bertz CT molecular complexity index is 960. The van der Waals surface area contributed by atoms with E-state index in [4.69, 9.17) is 11.1 Å². The molecule has 0 fully saturated rings. The average Bonchev–Trinajstić information content (AvgIpc) is 3.36. The van der Waals surface area contributed by atoms with Crippen LogP contribution in [0.1, 0.15) is 25.5 Å². The number of likely N-dealkylation sites (N-methyl/N-ethyl adjacent to an activating group) is 1. The molecular weight excluding hydrogens is 520 g/mol. The molecule has 1 aromatic rings. The highest BCUT2D eigenvalue weighted by Gasteiger charge is 2.30. The van der Waals surface area contributed by atoms with E-state index in [0.29, 0.717) is 12.1 Å². The van der Waals surface area contributed by atoms with Crippen LogP contribution in [-0.4, -0.2) is 101 Å². The first-order valence-corrected chi connectivity index (χ1v) is 12.4. The third kappa shape index (κ3) is 11.9. The predicted molar refractivity (Wildman–Crippen MR) is 140 cm³/mol. The number of carboxylic acids is 1. The molecule has 1 heterocycles. The Hall–Kier alpha value is -3.86. The minimum absolute atomic E-state index is 0.00625. The molecule has 38 heavy (non-hydrogen) atoms. The van der Waals surface area contributed by atoms with Crippen molar-refractivity contribution in [3.63, 3.8) is 0 Å². The number of rotatable bonds is 17. The first kappa shape index (κ1) is 32.2. The van der Waals surface area contributed by atoms with Gasteiger partial charge in [0.1, 0.15) is 24.2 Å². The SMILES string of the molecule is CNCC(=O)N[C@@H](C)C(=O)N[C@@H](Cc1c[nH]cn1)C(=O)N[C@@H](CCCNC(=N)N)C(=O)N[C@@H](CS)C(=O)O. The van der Waals surface area contributed by atoms with Gasteiger partial charge in [-0.15, -0.1) is 0 Å². The minimum Gasteiger partial charge on any atom is -0.480 e. The number of aromatic nitrogens is 2. The Morgan fingerprint density at radius 3 is 2.26 bits per heavy atom. The van der Waals surface area contributed by atoms with Gasteiger partial charge in [0.05, 0.1) is 18.6 Å². The van der Waals surface area contributed by atoms with E-state index in [2.05, 4.69) is 54.5 Å². The Labute approximate surface area is 225 Å². The Kier molecular flexibility index (Phi) is 14.2. The van der Waals surface area contributed by atoms with Crippen LogP contribution >= 0.6 is 12.6 Å². The van der Waals surface area contributed by atoms with Crippen LogP contribution in [0.2, 0.25) is 0 Å². The fourth-order valence-corrected chi connectivity index (χ4v) is 3.41. The molecule has 0 saturated carbocycles. The highest BCUT2D eigenvalue weighted by atomic mass is 32.1. The van der Waals surface area contributed by atoms with Crippen molar-refractivity contribution < 1.29 is 29.1 Å². The highest BCUT2D eigenvalue weighted by Crippen LogP contribution is 2.04. The summed E-state index contributed by atoms with van der Waals surface area (Å²) in [5.74, 6) is -4.30. The predicted octanol–water partition coefficient (Wildman–Crippen LogP) is -3.59. The molecule has 1 aromatic heterocycles. The van der Waals surface area contributed by atoms with E-state index >= 15 is 0 Å². The molecule has 16 nitrogen and oxygen atoms in total. The summed E-state index contributed by atoms with van der Waals surface area (Å²) in [7, 11) is 1.58. The maximum absolute atomic E-state index is 13.3. The Balaban J connectivity index is 3.04. The lowest BCUT2D eigenvalue weighted by Gasteiger charge is -2.25. The number of nitrogens with zero attached hydrogens (tertiary/aromatic N) is 1. The summed E-state index contributed by atoms with van der Waals surface area (Å²) in [5.41, 5.74) is 5.71. The number of aromatic amines is 1. The van der Waals surface area contributed by atoms with Crippen LogP contribution < -0.4 is 37.6 Å². The molecule has 0 unspecified atom stereocenters. The van der Waals surface area contributed by atoms with Gasteiger partial charge in [-0.25, -0.2) is 9.78 Å². The lowest BCUT2D eigenvalue weighted by molar-refractivity contribution is -0.141. The van der Waals surface area contributed by atoms with Gasteiger partial charge in [0.2, 0.25) is 23.6 Å². The lowest BCUT2D eigenvalue weighted by atomic mass is 10.1. The molecule has 0 radical (unpaired) electrons. The number of thiol groups is 1. The van der Waals surface area contributed by atoms with E-state index in [0.717, 1.165) is 0 Å². The van der Waals surface area contributed by atoms with Gasteiger partial charge in [-0.1, -0.05) is 0 Å². The number of guanidine groups is 1. The number of hydrogen-bond donors (Lipinski definition) is 11. The van der Waals surface area contributed by atoms with Crippen molar-refractivity contribution in [2.75, 3.05) is 25.9 Å². The summed E-state index contributed by atoms with van der Waals surface area (Å²) in [5, 5.41) is 31.7. The van der Waals surface area contributed by atoms with E-state index in [9.17, 15) is 29.1 Å². The van der Waals surface area contributed by atoms with Gasteiger partial charge in [0.25, 0.3) is 0 Å². The number of carbonyl (C=O) groups excluding carboxylic acids is 4. The number of nitrogens with one attached hydrogen (secondary N) is 8. The Morgan fingerprint density at radius 2 is 1.71 bits per heavy atom. The van der Waals surface area contributed by atoms with Crippen LogP contribution in [0.15, 0.2) is 12.5 Å². The van der Waals surface area contributed by atoms with Gasteiger partial charge in [-0.3, -0.25) is 24.6 Å². The number of carbonyl (C=O) groups is 5. The van der Waals surface area contributed by atoms with Gasteiger partial charge in [-0.2, -0.15) is 12.6 Å². The summed E-state index contributed by atoms with van der Waals surface area (Å²) in [6, 6.07) is -4.61. The van der Waals surface area contributed by atoms with Crippen LogP contribution in [0, 0.1) is 5.41 Å². The van der Waals surface area contributed by atoms with Crippen molar-refractivity contribution in [3.05, 3.63) is 18.2 Å². The molecule has 11 N–H and O–H groups in total. The monoisotopic (exact) mass is 556 g/mol. The van der Waals surface area contributed by atoms with Crippen molar-refractivity contribution in [2.45, 2.75) is 50.4 Å². The zero-order chi connectivity index (χ0) is 28.7. The van der Waals surface area contributed by atoms with Gasteiger partial charge in [0, 0.05) is 24.9 Å². The number of carboxylic acid groups (broad SMARTS) is 1. The Morgan fingerprint density at radius 1 is 1.08 bits per heavy atom. The standard InChI is InChI=1S/C21H36N10O6S/c1-11(28-16(32)8-24-2)17(33)30-14(6-12-7-25-10-27-12)19(35)29-13(4-3-5-26-21(22)23)18(34)31-15(9-38)20(36)37/h7,10-11,13-15,24,38H,3-6,8-9H2,1-2H3,(H,25,27)(H,28,32)(H,29,35)(H,30,33)(H,31,34)(H,36,37)(H4,22,23,26)/t11-,13-,14-,15-/m0/s1. The molecule has 1 rings (SSSR count). The quantitative estimate of drug-likeness (QED) is 0.0389. The van der Waals surface area contributed by atoms with Gasteiger partial charge < -0.3 is 47.7 Å². The molecule has 0 saturated heterocycles. The summed E-state index contributed by atoms with van der Waals surface area (Å²) in [6.07, 6.45) is 3.26. The fraction of sp³-hybridized carbons (Fsp3) is 0.571. The maximum atomic E-state index is 13.3. The van der Waals surface area contributed by atoms with Crippen LogP contribution in [-0.2, 0) is 30.4 Å². The normalized spacial score (nSPS) is 13.8. The van der Waals surface area contributed by atoms with Crippen molar-refractivity contribution >= 4 is 48.2 Å². The summed E-state index contributed by atoms with van der Waals surface area (Å²) < 4.78 is 0. The summed E-state index contributed by atoms with van der Waals surface area (Å²) in [6.45, 7) is 1.67. The largest absolute Gasteiger partial charge is 0.480 e. The van der Waals surface area contributed by atoms with Crippen LogP contribution in [0.4, 0.5) is 0 Å². The van der Waals surface area contributed by atoms with Crippen molar-refractivity contribution in [1.82, 2.24) is 41.9 Å². The van der Waals surface area contributed by atoms with E-state index in [-0.39, 0.29) is 37.6 Å². The van der Waals surface area contributed by atoms with E-state index in [1.54, 1.807) is 7.05 Å². The van der Waals surface area contributed by atoms with E-state index in [1.807, 2.05) is 0 Å². The van der Waals surface area contributed by atoms with Crippen molar-refractivity contribution in [3.8, 4) is 0 Å². The average molecular weight is 557 g/mol. The molecule has 0 aliphatic rings. The first-order valence-electron chi connectivity index (χ1n) is 11.7. The van der Waals surface area contributed by atoms with Crippen molar-refractivity contribution in [1.29, 1.82) is 5.41 Å². The van der Waals surface area contributed by atoms with Gasteiger partial charge in [-0.05, 0) is 26.8 Å². The minimum atomic E-state index is -1.30. The third-order valence-electron chi connectivity index (χ3n) is 5.12. The molecule has 212 valence electrons. The second-order valence-corrected chi connectivity index (χ2v) is 8.64. The molecule has 0 aromatic carbocycles. The highest BCUT2D eigenvalue weighted by molar-refractivity contribution is 7.80. The zero-order valence-corrected chi connectivity index (χ0v) is 22.1. The third-order valence-corrected chi connectivity index (χ3v) is 5.49. The second kappa shape index (κ2) is 16.8. The van der Waals surface area contributed by atoms with E-state index < -0.39 is 53.8 Å². The molecule has 0 spiro atoms. The molecule has 4 atom stereocenters. The number of hydrogen-bond acceptors (Lipinski definition) is 9. The first-order chi connectivity index (χ1) is 18.0. The smallest absolute Gasteiger partial charge is 0.327 e. The fourth-order valence-electron chi connectivity index (χ4n) is 3.16. The van der Waals surface area contributed by atoms with E-state index in [1.165, 1.54) is 19.4 Å². The summed E-state index contributed by atoms with van der Waals surface area (Å²) >= 11 is 3.93. The number of amides is 4. The number of aliphatic carboxylic acids is 1. The lowest BCUT2D eigenvalue weighted by Crippen LogP contribution is -2.58. The number of imidazole rings is 1. The molecule has 17 heteroatoms. The second-order valence-electron chi connectivity index (χ2n) is 8.27. The summed E-state index contributed by atoms with van der Waals surface area (Å²) in [4.78, 5) is 68.8. The van der Waals surface area contributed by atoms with Gasteiger partial charge >= 0.3 is 5.97 Å². The van der Waals surface area contributed by atoms with Gasteiger partial charge in [0.15, 0.2) is 5.96 Å². The van der Waals surface area contributed by atoms with Crippen LogP contribution in [0.25, 0.3) is 0 Å². The molecular formula is C21H36N10O6S. The van der Waals surface area contributed by atoms with Crippen LogP contribution in [0.5, 0.6) is 0 Å². The van der Waals surface area contributed by atoms with Crippen LogP contribution in [0.3, 0.4) is 0 Å². The van der Waals surface area contributed by atoms with Crippen molar-refractivity contribution in [2.24, 2.45) is 5.73 Å². The zero-order valence-electron chi connectivity index (χ0n) is 21.2.